The minimum atomic E-state index is 0.654. The van der Waals surface area contributed by atoms with Crippen LogP contribution in [0.5, 0.6) is 5.75 Å². The zero-order chi connectivity index (χ0) is 18.7. The Labute approximate surface area is 154 Å². The summed E-state index contributed by atoms with van der Waals surface area (Å²) >= 11 is 0. The summed E-state index contributed by atoms with van der Waals surface area (Å²) in [6, 6.07) is 2.04. The summed E-state index contributed by atoms with van der Waals surface area (Å²) in [5, 5.41) is 3.47. The quantitative estimate of drug-likeness (QED) is 0.650. The second-order valence-corrected chi connectivity index (χ2v) is 6.62. The van der Waals surface area contributed by atoms with E-state index in [1.165, 1.54) is 0 Å². The molecule has 3 aromatic rings. The van der Waals surface area contributed by atoms with Crippen LogP contribution < -0.4 is 10.1 Å². The monoisotopic (exact) mass is 353 g/mol. The third-order valence-corrected chi connectivity index (χ3v) is 4.62. The molecule has 6 heteroatoms. The first-order valence-electron chi connectivity index (χ1n) is 9.11. The lowest BCUT2D eigenvalue weighted by Crippen LogP contribution is -2.09. The number of ether oxygens (including phenoxy) is 1. The minimum Gasteiger partial charge on any atom is -0.496 e. The number of aryl methyl sites for hydroxylation is 2. The summed E-state index contributed by atoms with van der Waals surface area (Å²) in [6.45, 7) is 9.74. The molecule has 138 valence electrons. The standard InChI is InChI=1S/C20H27N5O/c1-6-7-9-21-20-18-16(23-15(4)24-20)8-10-25(18)12-17-14(3)19(26-5)13(2)11-22-17/h8,10-11H,6-7,9,12H2,1-5H3,(H,21,23,24). The van der Waals surface area contributed by atoms with Crippen molar-refractivity contribution in [1.29, 1.82) is 0 Å². The first-order chi connectivity index (χ1) is 12.5. The van der Waals surface area contributed by atoms with Gasteiger partial charge in [-0.25, -0.2) is 9.97 Å². The van der Waals surface area contributed by atoms with Crippen molar-refractivity contribution in [3.63, 3.8) is 0 Å². The van der Waals surface area contributed by atoms with Crippen molar-refractivity contribution in [3.05, 3.63) is 41.1 Å². The van der Waals surface area contributed by atoms with Gasteiger partial charge in [0.15, 0.2) is 5.82 Å². The molecule has 0 aliphatic rings. The smallest absolute Gasteiger partial charge is 0.154 e. The predicted molar refractivity (Wildman–Crippen MR) is 105 cm³/mol. The normalized spacial score (nSPS) is 11.1. The lowest BCUT2D eigenvalue weighted by Gasteiger charge is -2.14. The SMILES string of the molecule is CCCCNc1nc(C)nc2ccn(Cc3ncc(C)c(OC)c3C)c12. The van der Waals surface area contributed by atoms with Gasteiger partial charge in [-0.05, 0) is 33.3 Å². The molecular formula is C20H27N5O. The van der Waals surface area contributed by atoms with Crippen LogP contribution in [0.1, 0.15) is 42.4 Å². The van der Waals surface area contributed by atoms with Gasteiger partial charge in [0.1, 0.15) is 17.1 Å². The van der Waals surface area contributed by atoms with E-state index < -0.39 is 0 Å². The van der Waals surface area contributed by atoms with E-state index in [1.54, 1.807) is 7.11 Å². The molecule has 0 radical (unpaired) electrons. The summed E-state index contributed by atoms with van der Waals surface area (Å²) < 4.78 is 7.70. The van der Waals surface area contributed by atoms with Crippen LogP contribution in [0.15, 0.2) is 18.5 Å². The van der Waals surface area contributed by atoms with E-state index in [-0.39, 0.29) is 0 Å². The van der Waals surface area contributed by atoms with Crippen molar-refractivity contribution in [2.75, 3.05) is 19.0 Å². The maximum absolute atomic E-state index is 5.54. The van der Waals surface area contributed by atoms with Gasteiger partial charge in [-0.15, -0.1) is 0 Å². The van der Waals surface area contributed by atoms with Crippen molar-refractivity contribution in [2.24, 2.45) is 0 Å². The molecule has 3 rings (SSSR count). The van der Waals surface area contributed by atoms with Crippen LogP contribution >= 0.6 is 0 Å². The molecule has 0 atom stereocenters. The second-order valence-electron chi connectivity index (χ2n) is 6.62. The van der Waals surface area contributed by atoms with Crippen molar-refractivity contribution in [2.45, 2.75) is 47.1 Å². The number of hydrogen-bond donors (Lipinski definition) is 1. The Kier molecular flexibility index (Phi) is 5.40. The van der Waals surface area contributed by atoms with Crippen LogP contribution in [0.3, 0.4) is 0 Å². The highest BCUT2D eigenvalue weighted by molar-refractivity contribution is 5.86. The van der Waals surface area contributed by atoms with E-state index in [9.17, 15) is 0 Å². The van der Waals surface area contributed by atoms with Crippen LogP contribution in [0.4, 0.5) is 5.82 Å². The minimum absolute atomic E-state index is 0.654. The highest BCUT2D eigenvalue weighted by Gasteiger charge is 2.14. The number of aromatic nitrogens is 4. The first kappa shape index (κ1) is 18.2. The summed E-state index contributed by atoms with van der Waals surface area (Å²) in [7, 11) is 1.70. The van der Waals surface area contributed by atoms with E-state index in [4.69, 9.17) is 4.74 Å². The summed E-state index contributed by atoms with van der Waals surface area (Å²) in [6.07, 6.45) is 6.18. The Morgan fingerprint density at radius 2 is 2.00 bits per heavy atom. The van der Waals surface area contributed by atoms with Crippen LogP contribution in [0, 0.1) is 20.8 Å². The molecule has 3 aromatic heterocycles. The second kappa shape index (κ2) is 7.72. The molecule has 0 spiro atoms. The molecular weight excluding hydrogens is 326 g/mol. The van der Waals surface area contributed by atoms with Crippen molar-refractivity contribution >= 4 is 16.9 Å². The Bertz CT molecular complexity index is 916. The molecule has 0 fully saturated rings. The van der Waals surface area contributed by atoms with Crippen molar-refractivity contribution < 1.29 is 4.74 Å². The highest BCUT2D eigenvalue weighted by Crippen LogP contribution is 2.27. The molecule has 0 bridgehead atoms. The first-order valence-corrected chi connectivity index (χ1v) is 9.11. The van der Waals surface area contributed by atoms with Gasteiger partial charge in [0.25, 0.3) is 0 Å². The zero-order valence-corrected chi connectivity index (χ0v) is 16.3. The lowest BCUT2D eigenvalue weighted by molar-refractivity contribution is 0.406. The van der Waals surface area contributed by atoms with E-state index in [0.717, 1.165) is 64.6 Å². The van der Waals surface area contributed by atoms with Gasteiger partial charge in [0.2, 0.25) is 0 Å². The number of nitrogens with one attached hydrogen (secondary N) is 1. The van der Waals surface area contributed by atoms with Crippen LogP contribution in [-0.4, -0.2) is 33.2 Å². The average molecular weight is 353 g/mol. The average Bonchev–Trinajstić information content (AvgIpc) is 3.00. The number of methoxy groups -OCH3 is 1. The van der Waals surface area contributed by atoms with Crippen molar-refractivity contribution in [3.8, 4) is 5.75 Å². The Morgan fingerprint density at radius 3 is 2.73 bits per heavy atom. The molecule has 0 aromatic carbocycles. The zero-order valence-electron chi connectivity index (χ0n) is 16.3. The van der Waals surface area contributed by atoms with E-state index in [2.05, 4.69) is 44.9 Å². The van der Waals surface area contributed by atoms with Gasteiger partial charge in [0.05, 0.1) is 24.9 Å². The number of hydrogen-bond acceptors (Lipinski definition) is 5. The summed E-state index contributed by atoms with van der Waals surface area (Å²) in [5.74, 6) is 2.57. The van der Waals surface area contributed by atoms with E-state index in [1.807, 2.05) is 26.1 Å². The predicted octanol–water partition coefficient (Wildman–Crippen LogP) is 4.02. The molecule has 0 amide bonds. The van der Waals surface area contributed by atoms with Crippen molar-refractivity contribution in [1.82, 2.24) is 19.5 Å². The Hall–Kier alpha value is -2.63. The molecule has 26 heavy (non-hydrogen) atoms. The van der Waals surface area contributed by atoms with Gasteiger partial charge in [0, 0.05) is 30.1 Å². The Balaban J connectivity index is 2.01. The van der Waals surface area contributed by atoms with Crippen LogP contribution in [-0.2, 0) is 6.54 Å². The number of fused-ring (bicyclic) bond motifs is 1. The van der Waals surface area contributed by atoms with E-state index >= 15 is 0 Å². The Morgan fingerprint density at radius 1 is 1.19 bits per heavy atom. The number of nitrogens with zero attached hydrogens (tertiary/aromatic N) is 4. The van der Waals surface area contributed by atoms with Gasteiger partial charge in [-0.2, -0.15) is 0 Å². The summed E-state index contributed by atoms with van der Waals surface area (Å²) in [4.78, 5) is 13.8. The lowest BCUT2D eigenvalue weighted by atomic mass is 10.1. The van der Waals surface area contributed by atoms with Gasteiger partial charge in [-0.1, -0.05) is 13.3 Å². The van der Waals surface area contributed by atoms with Gasteiger partial charge >= 0.3 is 0 Å². The van der Waals surface area contributed by atoms with Crippen LogP contribution in [0.25, 0.3) is 11.0 Å². The number of unbranched alkanes of at least 4 members (excludes halogenated alkanes) is 1. The molecule has 0 unspecified atom stereocenters. The van der Waals surface area contributed by atoms with Gasteiger partial charge < -0.3 is 14.6 Å². The molecule has 1 N–H and O–H groups in total. The fourth-order valence-electron chi connectivity index (χ4n) is 3.25. The molecule has 0 saturated carbocycles. The number of anilines is 1. The largest absolute Gasteiger partial charge is 0.496 e. The third kappa shape index (κ3) is 3.49. The number of pyridine rings is 1. The van der Waals surface area contributed by atoms with E-state index in [0.29, 0.717) is 6.54 Å². The van der Waals surface area contributed by atoms with Crippen LogP contribution in [0.2, 0.25) is 0 Å². The molecule has 3 heterocycles. The third-order valence-electron chi connectivity index (χ3n) is 4.62. The molecule has 0 aliphatic carbocycles. The molecule has 6 nitrogen and oxygen atoms in total. The summed E-state index contributed by atoms with van der Waals surface area (Å²) in [5.41, 5.74) is 5.08. The molecule has 0 saturated heterocycles. The van der Waals surface area contributed by atoms with Gasteiger partial charge in [-0.3, -0.25) is 4.98 Å². The highest BCUT2D eigenvalue weighted by atomic mass is 16.5. The fraction of sp³-hybridized carbons (Fsp3) is 0.450. The number of rotatable bonds is 7. The fourth-order valence-corrected chi connectivity index (χ4v) is 3.25. The molecule has 0 aliphatic heterocycles. The topological polar surface area (TPSA) is 64.9 Å². The maximum Gasteiger partial charge on any atom is 0.154 e. The maximum atomic E-state index is 5.54.